The second-order valence-electron chi connectivity index (χ2n) is 6.69. The third kappa shape index (κ3) is 3.20. The number of aliphatic hydroxyl groups is 2. The summed E-state index contributed by atoms with van der Waals surface area (Å²) in [6, 6.07) is 0. The first-order valence-electron chi connectivity index (χ1n) is 7.54. The number of hydrogen-bond donors (Lipinski definition) is 3. The van der Waals surface area contributed by atoms with Gasteiger partial charge in [-0.1, -0.05) is 13.8 Å². The molecule has 1 saturated heterocycles. The Balaban J connectivity index is 2.13. The molecule has 1 aliphatic carbocycles. The predicted octanol–water partition coefficient (Wildman–Crippen LogP) is 0.691. The monoisotopic (exact) mass is 283 g/mol. The number of imide groups is 1. The SMILES string of the molecule is CC1CC(C)C(O)C(C(CO)C2CC(=O)NC(=O)C2)C1. The van der Waals surface area contributed by atoms with Gasteiger partial charge in [0.05, 0.1) is 6.10 Å². The number of carbonyl (C=O) groups is 2. The molecule has 5 heteroatoms. The van der Waals surface area contributed by atoms with Gasteiger partial charge < -0.3 is 10.2 Å². The third-order valence-electron chi connectivity index (χ3n) is 5.01. The number of rotatable bonds is 3. The molecular weight excluding hydrogens is 258 g/mol. The van der Waals surface area contributed by atoms with E-state index in [9.17, 15) is 19.8 Å². The maximum absolute atomic E-state index is 11.5. The summed E-state index contributed by atoms with van der Waals surface area (Å²) in [6.07, 6.45) is 1.91. The van der Waals surface area contributed by atoms with E-state index in [0.717, 1.165) is 12.8 Å². The van der Waals surface area contributed by atoms with Gasteiger partial charge in [0.25, 0.3) is 0 Å². The van der Waals surface area contributed by atoms with Gasteiger partial charge in [-0.05, 0) is 42.4 Å². The largest absolute Gasteiger partial charge is 0.396 e. The molecule has 0 spiro atoms. The van der Waals surface area contributed by atoms with Gasteiger partial charge in [0.15, 0.2) is 0 Å². The topological polar surface area (TPSA) is 86.6 Å². The third-order valence-corrected chi connectivity index (χ3v) is 5.01. The molecule has 0 radical (unpaired) electrons. The Labute approximate surface area is 119 Å². The minimum Gasteiger partial charge on any atom is -0.396 e. The molecule has 0 aromatic rings. The van der Waals surface area contributed by atoms with E-state index in [1.54, 1.807) is 0 Å². The Morgan fingerprint density at radius 2 is 1.80 bits per heavy atom. The summed E-state index contributed by atoms with van der Waals surface area (Å²) in [5.41, 5.74) is 0. The van der Waals surface area contributed by atoms with Crippen LogP contribution in [0.1, 0.15) is 39.5 Å². The zero-order valence-corrected chi connectivity index (χ0v) is 12.2. The van der Waals surface area contributed by atoms with E-state index >= 15 is 0 Å². The van der Waals surface area contributed by atoms with Gasteiger partial charge in [-0.2, -0.15) is 0 Å². The van der Waals surface area contributed by atoms with Crippen molar-refractivity contribution in [2.24, 2.45) is 29.6 Å². The molecule has 5 nitrogen and oxygen atoms in total. The van der Waals surface area contributed by atoms with Gasteiger partial charge >= 0.3 is 0 Å². The number of carbonyl (C=O) groups excluding carboxylic acids is 2. The summed E-state index contributed by atoms with van der Waals surface area (Å²) in [4.78, 5) is 23.0. The van der Waals surface area contributed by atoms with Crippen molar-refractivity contribution in [1.82, 2.24) is 5.32 Å². The standard InChI is InChI=1S/C15H25NO4/c1-8-3-9(2)15(20)11(4-8)12(7-17)10-5-13(18)16-14(19)6-10/h8-12,15,17,20H,3-7H2,1-2H3,(H,16,18,19). The highest BCUT2D eigenvalue weighted by Gasteiger charge is 2.42. The van der Waals surface area contributed by atoms with Crippen molar-refractivity contribution in [1.29, 1.82) is 0 Å². The van der Waals surface area contributed by atoms with Crippen LogP contribution in [0.5, 0.6) is 0 Å². The molecule has 0 aromatic heterocycles. The van der Waals surface area contributed by atoms with E-state index in [1.165, 1.54) is 0 Å². The van der Waals surface area contributed by atoms with E-state index in [-0.39, 0.29) is 54.9 Å². The highest BCUT2D eigenvalue weighted by Crippen LogP contribution is 2.41. The van der Waals surface area contributed by atoms with Gasteiger partial charge in [-0.25, -0.2) is 0 Å². The smallest absolute Gasteiger partial charge is 0.226 e. The van der Waals surface area contributed by atoms with Gasteiger partial charge in [0, 0.05) is 19.4 Å². The molecule has 20 heavy (non-hydrogen) atoms. The molecule has 0 aromatic carbocycles. The normalized spacial score (nSPS) is 37.6. The number of hydrogen-bond acceptors (Lipinski definition) is 4. The average Bonchev–Trinajstić information content (AvgIpc) is 2.34. The second-order valence-corrected chi connectivity index (χ2v) is 6.69. The fourth-order valence-corrected chi connectivity index (χ4v) is 4.07. The van der Waals surface area contributed by atoms with Crippen LogP contribution in [-0.2, 0) is 9.59 Å². The van der Waals surface area contributed by atoms with Gasteiger partial charge in [0.2, 0.25) is 11.8 Å². The first-order chi connectivity index (χ1) is 9.42. The highest BCUT2D eigenvalue weighted by atomic mass is 16.3. The maximum Gasteiger partial charge on any atom is 0.226 e. The Bertz CT molecular complexity index is 368. The zero-order chi connectivity index (χ0) is 14.9. The molecule has 1 aliphatic heterocycles. The van der Waals surface area contributed by atoms with Crippen molar-refractivity contribution in [3.63, 3.8) is 0 Å². The molecule has 5 unspecified atom stereocenters. The molecule has 2 fully saturated rings. The Hall–Kier alpha value is -0.940. The van der Waals surface area contributed by atoms with Crippen LogP contribution in [0.15, 0.2) is 0 Å². The van der Waals surface area contributed by atoms with Crippen LogP contribution in [0.2, 0.25) is 0 Å². The lowest BCUT2D eigenvalue weighted by molar-refractivity contribution is -0.137. The number of piperidine rings is 1. The first-order valence-corrected chi connectivity index (χ1v) is 7.54. The van der Waals surface area contributed by atoms with E-state index in [1.807, 2.05) is 6.92 Å². The average molecular weight is 283 g/mol. The van der Waals surface area contributed by atoms with Crippen LogP contribution in [0.4, 0.5) is 0 Å². The quantitative estimate of drug-likeness (QED) is 0.665. The van der Waals surface area contributed by atoms with E-state index in [2.05, 4.69) is 12.2 Å². The molecule has 114 valence electrons. The van der Waals surface area contributed by atoms with Crippen LogP contribution < -0.4 is 5.32 Å². The van der Waals surface area contributed by atoms with E-state index in [4.69, 9.17) is 0 Å². The number of amides is 2. The van der Waals surface area contributed by atoms with Gasteiger partial charge in [-0.15, -0.1) is 0 Å². The fourth-order valence-electron chi connectivity index (χ4n) is 4.07. The number of nitrogens with one attached hydrogen (secondary N) is 1. The van der Waals surface area contributed by atoms with Crippen molar-refractivity contribution in [3.8, 4) is 0 Å². The summed E-state index contributed by atoms with van der Waals surface area (Å²) in [5.74, 6) is -0.190. The fraction of sp³-hybridized carbons (Fsp3) is 0.867. The molecular formula is C15H25NO4. The maximum atomic E-state index is 11.5. The minimum absolute atomic E-state index is 0.0255. The molecule has 5 atom stereocenters. The Morgan fingerprint density at radius 1 is 1.20 bits per heavy atom. The van der Waals surface area contributed by atoms with Crippen LogP contribution in [0, 0.1) is 29.6 Å². The molecule has 3 N–H and O–H groups in total. The van der Waals surface area contributed by atoms with Crippen molar-refractivity contribution >= 4 is 11.8 Å². The minimum atomic E-state index is -0.455. The molecule has 2 aliphatic rings. The Kier molecular flexibility index (Phi) is 4.81. The highest BCUT2D eigenvalue weighted by molar-refractivity contribution is 5.97. The molecule has 1 heterocycles. The first kappa shape index (κ1) is 15.4. The summed E-state index contributed by atoms with van der Waals surface area (Å²) < 4.78 is 0. The lowest BCUT2D eigenvalue weighted by Gasteiger charge is -2.43. The number of aliphatic hydroxyl groups excluding tert-OH is 2. The van der Waals surface area contributed by atoms with E-state index < -0.39 is 6.10 Å². The van der Waals surface area contributed by atoms with Gasteiger partial charge in [0.1, 0.15) is 0 Å². The van der Waals surface area contributed by atoms with Crippen molar-refractivity contribution < 1.29 is 19.8 Å². The summed E-state index contributed by atoms with van der Waals surface area (Å²) in [7, 11) is 0. The van der Waals surface area contributed by atoms with Crippen molar-refractivity contribution in [2.75, 3.05) is 6.61 Å². The predicted molar refractivity (Wildman–Crippen MR) is 73.5 cm³/mol. The van der Waals surface area contributed by atoms with Crippen molar-refractivity contribution in [2.45, 2.75) is 45.6 Å². The Morgan fingerprint density at radius 3 is 2.35 bits per heavy atom. The van der Waals surface area contributed by atoms with Crippen molar-refractivity contribution in [3.05, 3.63) is 0 Å². The second kappa shape index (κ2) is 6.22. The van der Waals surface area contributed by atoms with Crippen LogP contribution >= 0.6 is 0 Å². The summed E-state index contributed by atoms with van der Waals surface area (Å²) >= 11 is 0. The van der Waals surface area contributed by atoms with E-state index in [0.29, 0.717) is 5.92 Å². The zero-order valence-electron chi connectivity index (χ0n) is 12.2. The van der Waals surface area contributed by atoms with Gasteiger partial charge in [-0.3, -0.25) is 14.9 Å². The van der Waals surface area contributed by atoms with Crippen LogP contribution in [0.25, 0.3) is 0 Å². The molecule has 2 rings (SSSR count). The van der Waals surface area contributed by atoms with Crippen LogP contribution in [-0.4, -0.2) is 34.7 Å². The molecule has 1 saturated carbocycles. The lowest BCUT2D eigenvalue weighted by Crippen LogP contribution is -2.47. The molecule has 0 bridgehead atoms. The molecule has 2 amide bonds. The lowest BCUT2D eigenvalue weighted by atomic mass is 9.65. The summed E-state index contributed by atoms with van der Waals surface area (Å²) in [6.45, 7) is 4.11. The summed E-state index contributed by atoms with van der Waals surface area (Å²) in [5, 5.41) is 22.5. The van der Waals surface area contributed by atoms with Crippen LogP contribution in [0.3, 0.4) is 0 Å².